The van der Waals surface area contributed by atoms with Crippen molar-refractivity contribution in [2.45, 2.75) is 38.3 Å². The van der Waals surface area contributed by atoms with E-state index < -0.39 is 24.3 Å². The highest BCUT2D eigenvalue weighted by molar-refractivity contribution is 5.69. The largest absolute Gasteiger partial charge is 0.396 e. The van der Waals surface area contributed by atoms with Gasteiger partial charge >= 0.3 is 6.18 Å². The molecule has 0 fully saturated rings. The summed E-state index contributed by atoms with van der Waals surface area (Å²) in [5.41, 5.74) is 3.02. The molecule has 0 amide bonds. The predicted molar refractivity (Wildman–Crippen MR) is 124 cm³/mol. The van der Waals surface area contributed by atoms with Crippen molar-refractivity contribution in [3.05, 3.63) is 119 Å². The molecule has 0 nitrogen and oxygen atoms in total. The number of allylic oxidation sites excluding steroid dienone is 2. The van der Waals surface area contributed by atoms with E-state index in [-0.39, 0.29) is 11.1 Å². The Morgan fingerprint density at radius 1 is 0.844 bits per heavy atom. The summed E-state index contributed by atoms with van der Waals surface area (Å²) in [4.78, 5) is 0. The minimum atomic E-state index is -4.45. The molecule has 166 valence electrons. The first-order valence-electron chi connectivity index (χ1n) is 10.6. The molecule has 0 saturated carbocycles. The molecular weight excluding hydrogens is 412 g/mol. The lowest BCUT2D eigenvalue weighted by molar-refractivity contribution is -0.150. The zero-order valence-electron chi connectivity index (χ0n) is 17.9. The van der Waals surface area contributed by atoms with Gasteiger partial charge in [-0.25, -0.2) is 4.39 Å². The molecule has 0 heterocycles. The van der Waals surface area contributed by atoms with Gasteiger partial charge in [0.2, 0.25) is 0 Å². The van der Waals surface area contributed by atoms with Crippen LogP contribution in [0.5, 0.6) is 0 Å². The Labute approximate surface area is 186 Å². The van der Waals surface area contributed by atoms with Crippen LogP contribution in [-0.2, 0) is 12.8 Å². The molecule has 0 aliphatic carbocycles. The third-order valence-corrected chi connectivity index (χ3v) is 5.38. The second-order valence-electron chi connectivity index (χ2n) is 7.74. The van der Waals surface area contributed by atoms with E-state index in [4.69, 9.17) is 0 Å². The van der Waals surface area contributed by atoms with Gasteiger partial charge in [-0.1, -0.05) is 91.0 Å². The van der Waals surface area contributed by atoms with Crippen LogP contribution in [0.4, 0.5) is 17.6 Å². The highest BCUT2D eigenvalue weighted by Gasteiger charge is 2.40. The normalized spacial score (nSPS) is 13.2. The summed E-state index contributed by atoms with van der Waals surface area (Å²) in [5, 5.41) is 0. The minimum absolute atomic E-state index is 0.0545. The zero-order chi connectivity index (χ0) is 23.0. The molecule has 0 aromatic heterocycles. The number of hydrogen-bond acceptors (Lipinski definition) is 0. The number of halogens is 4. The van der Waals surface area contributed by atoms with E-state index in [2.05, 4.69) is 18.2 Å². The third-order valence-electron chi connectivity index (χ3n) is 5.38. The van der Waals surface area contributed by atoms with Crippen LogP contribution < -0.4 is 0 Å². The Kier molecular flexibility index (Phi) is 8.04. The first-order chi connectivity index (χ1) is 15.4. The van der Waals surface area contributed by atoms with E-state index in [0.717, 1.165) is 18.4 Å². The first kappa shape index (κ1) is 23.5. The zero-order valence-corrected chi connectivity index (χ0v) is 17.9. The quantitative estimate of drug-likeness (QED) is 0.188. The van der Waals surface area contributed by atoms with Gasteiger partial charge in [-0.2, -0.15) is 13.2 Å². The molecule has 0 bridgehead atoms. The maximum atomic E-state index is 14.6. The maximum absolute atomic E-state index is 14.6. The SMILES string of the molecule is CC=CCCc1ccc(C=Cc2ccc(C[C@H](c3ccccc3)C(F)(F)F)c(F)c2)cc1. The van der Waals surface area contributed by atoms with Crippen molar-refractivity contribution in [1.29, 1.82) is 0 Å². The van der Waals surface area contributed by atoms with E-state index in [1.165, 1.54) is 29.8 Å². The minimum Gasteiger partial charge on any atom is -0.207 e. The second kappa shape index (κ2) is 10.9. The average Bonchev–Trinajstić information content (AvgIpc) is 2.78. The van der Waals surface area contributed by atoms with Gasteiger partial charge in [0.1, 0.15) is 5.82 Å². The molecule has 3 rings (SSSR count). The lowest BCUT2D eigenvalue weighted by atomic mass is 9.91. The molecule has 0 N–H and O–H groups in total. The standard InChI is InChI=1S/C28H26F4/c1-2-3-5-8-21-11-13-22(14-12-21)15-16-23-17-18-25(27(29)19-23)20-26(28(30,31)32)24-9-6-4-7-10-24/h2-4,6-7,9-19,26H,5,8,20H2,1H3/t26-/m1/s1. The van der Waals surface area contributed by atoms with Gasteiger partial charge in [0.25, 0.3) is 0 Å². The summed E-state index contributed by atoms with van der Waals surface area (Å²) in [6.45, 7) is 2.00. The van der Waals surface area contributed by atoms with Gasteiger partial charge in [0, 0.05) is 0 Å². The molecule has 0 radical (unpaired) electrons. The highest BCUT2D eigenvalue weighted by atomic mass is 19.4. The van der Waals surface area contributed by atoms with Crippen molar-refractivity contribution < 1.29 is 17.6 Å². The Hall–Kier alpha value is -3.14. The average molecular weight is 439 g/mol. The van der Waals surface area contributed by atoms with E-state index in [0.29, 0.717) is 5.56 Å². The summed E-state index contributed by atoms with van der Waals surface area (Å²) in [5.74, 6) is -2.37. The first-order valence-corrected chi connectivity index (χ1v) is 10.6. The summed E-state index contributed by atoms with van der Waals surface area (Å²) < 4.78 is 55.4. The summed E-state index contributed by atoms with van der Waals surface area (Å²) in [6, 6.07) is 20.2. The van der Waals surface area contributed by atoms with E-state index in [1.54, 1.807) is 30.3 Å². The monoisotopic (exact) mass is 438 g/mol. The maximum Gasteiger partial charge on any atom is 0.396 e. The van der Waals surface area contributed by atoms with Crippen LogP contribution >= 0.6 is 0 Å². The fourth-order valence-corrected chi connectivity index (χ4v) is 3.57. The highest BCUT2D eigenvalue weighted by Crippen LogP contribution is 2.37. The van der Waals surface area contributed by atoms with E-state index in [9.17, 15) is 17.6 Å². The number of hydrogen-bond donors (Lipinski definition) is 0. The van der Waals surface area contributed by atoms with E-state index in [1.807, 2.05) is 31.2 Å². The Bertz CT molecular complexity index is 1050. The third kappa shape index (κ3) is 6.68. The van der Waals surface area contributed by atoms with Gasteiger partial charge < -0.3 is 0 Å². The van der Waals surface area contributed by atoms with Gasteiger partial charge in [-0.05, 0) is 60.1 Å². The number of aryl methyl sites for hydroxylation is 1. The molecule has 0 unspecified atom stereocenters. The Morgan fingerprint density at radius 3 is 2.12 bits per heavy atom. The predicted octanol–water partition coefficient (Wildman–Crippen LogP) is 8.39. The molecule has 3 aromatic carbocycles. The van der Waals surface area contributed by atoms with Crippen molar-refractivity contribution in [2.75, 3.05) is 0 Å². The fourth-order valence-electron chi connectivity index (χ4n) is 3.57. The molecule has 4 heteroatoms. The van der Waals surface area contributed by atoms with Crippen LogP contribution in [0.3, 0.4) is 0 Å². The van der Waals surface area contributed by atoms with E-state index >= 15 is 0 Å². The summed E-state index contributed by atoms with van der Waals surface area (Å²) in [6.07, 6.45) is 4.88. The number of benzene rings is 3. The molecule has 0 saturated heterocycles. The molecular formula is C28H26F4. The molecule has 0 aliphatic rings. The number of rotatable bonds is 8. The smallest absolute Gasteiger partial charge is 0.207 e. The van der Waals surface area contributed by atoms with Crippen molar-refractivity contribution in [3.8, 4) is 0 Å². The Balaban J connectivity index is 1.70. The molecule has 0 spiro atoms. The van der Waals surface area contributed by atoms with Crippen molar-refractivity contribution >= 4 is 12.2 Å². The summed E-state index contributed by atoms with van der Waals surface area (Å²) >= 11 is 0. The van der Waals surface area contributed by atoms with Gasteiger partial charge in [-0.3, -0.25) is 0 Å². The number of alkyl halides is 3. The Morgan fingerprint density at radius 2 is 1.50 bits per heavy atom. The van der Waals surface area contributed by atoms with Gasteiger partial charge in [0.15, 0.2) is 0 Å². The molecule has 3 aromatic rings. The fraction of sp³-hybridized carbons (Fsp3) is 0.214. The molecule has 0 aliphatic heterocycles. The van der Waals surface area contributed by atoms with Crippen LogP contribution in [0.2, 0.25) is 0 Å². The van der Waals surface area contributed by atoms with Crippen LogP contribution in [0.25, 0.3) is 12.2 Å². The van der Waals surface area contributed by atoms with Gasteiger partial charge in [0.05, 0.1) is 5.92 Å². The lowest BCUT2D eigenvalue weighted by Gasteiger charge is -2.21. The van der Waals surface area contributed by atoms with Crippen molar-refractivity contribution in [1.82, 2.24) is 0 Å². The van der Waals surface area contributed by atoms with Crippen LogP contribution in [0.1, 0.15) is 47.1 Å². The van der Waals surface area contributed by atoms with Crippen LogP contribution in [-0.4, -0.2) is 6.18 Å². The van der Waals surface area contributed by atoms with Crippen LogP contribution in [0.15, 0.2) is 84.9 Å². The topological polar surface area (TPSA) is 0 Å². The molecule has 32 heavy (non-hydrogen) atoms. The van der Waals surface area contributed by atoms with Gasteiger partial charge in [-0.15, -0.1) is 0 Å². The molecule has 1 atom stereocenters. The van der Waals surface area contributed by atoms with Crippen LogP contribution in [0, 0.1) is 5.82 Å². The summed E-state index contributed by atoms with van der Waals surface area (Å²) in [7, 11) is 0. The van der Waals surface area contributed by atoms with Crippen molar-refractivity contribution in [2.24, 2.45) is 0 Å². The second-order valence-corrected chi connectivity index (χ2v) is 7.74. The van der Waals surface area contributed by atoms with Crippen molar-refractivity contribution in [3.63, 3.8) is 0 Å². The lowest BCUT2D eigenvalue weighted by Crippen LogP contribution is -2.23.